The number of ether oxygens (including phenoxy) is 2. The van der Waals surface area contributed by atoms with Gasteiger partial charge in [0.1, 0.15) is 18.2 Å². The Morgan fingerprint density at radius 2 is 1.55 bits per heavy atom. The van der Waals surface area contributed by atoms with E-state index in [1.165, 1.54) is 6.92 Å². The summed E-state index contributed by atoms with van der Waals surface area (Å²) >= 11 is 0. The van der Waals surface area contributed by atoms with E-state index in [4.69, 9.17) is 9.47 Å². The second kappa shape index (κ2) is 10.5. The number of amides is 1. The minimum absolute atomic E-state index is 0.0369. The number of nitrogens with one attached hydrogen (secondary N) is 2. The van der Waals surface area contributed by atoms with Crippen molar-refractivity contribution in [1.29, 1.82) is 0 Å². The summed E-state index contributed by atoms with van der Waals surface area (Å²) in [5, 5.41) is 2.68. The molecule has 1 aromatic rings. The van der Waals surface area contributed by atoms with E-state index < -0.39 is 39.8 Å². The van der Waals surface area contributed by atoms with Gasteiger partial charge in [-0.1, -0.05) is 31.5 Å². The van der Waals surface area contributed by atoms with Gasteiger partial charge in [0.25, 0.3) is 0 Å². The second-order valence-electron chi connectivity index (χ2n) is 9.20. The van der Waals surface area contributed by atoms with E-state index in [2.05, 4.69) is 10.0 Å². The monoisotopic (exact) mass is 456 g/mol. The van der Waals surface area contributed by atoms with Gasteiger partial charge in [-0.25, -0.2) is 13.2 Å². The fourth-order valence-electron chi connectivity index (χ4n) is 3.09. The van der Waals surface area contributed by atoms with Crippen LogP contribution in [0.2, 0.25) is 0 Å². The lowest BCUT2D eigenvalue weighted by Crippen LogP contribution is -2.46. The summed E-state index contributed by atoms with van der Waals surface area (Å²) in [6.45, 7) is 15.6. The van der Waals surface area contributed by atoms with E-state index >= 15 is 0 Å². The van der Waals surface area contributed by atoms with Crippen LogP contribution in [0.1, 0.15) is 58.2 Å². The molecule has 31 heavy (non-hydrogen) atoms. The molecule has 1 aromatic carbocycles. The summed E-state index contributed by atoms with van der Waals surface area (Å²) in [6, 6.07) is 1.98. The van der Waals surface area contributed by atoms with Crippen molar-refractivity contribution in [3.63, 3.8) is 0 Å². The summed E-state index contributed by atoms with van der Waals surface area (Å²) in [5.74, 6) is -0.771. The third kappa shape index (κ3) is 8.49. The highest BCUT2D eigenvalue weighted by molar-refractivity contribution is 7.89. The van der Waals surface area contributed by atoms with Gasteiger partial charge in [-0.15, -0.1) is 0 Å². The van der Waals surface area contributed by atoms with E-state index in [1.807, 2.05) is 20.8 Å². The van der Waals surface area contributed by atoms with Gasteiger partial charge in [0.15, 0.2) is 0 Å². The predicted octanol–water partition coefficient (Wildman–Crippen LogP) is 3.37. The van der Waals surface area contributed by atoms with Crippen molar-refractivity contribution < 1.29 is 27.5 Å². The van der Waals surface area contributed by atoms with Crippen molar-refractivity contribution in [2.75, 3.05) is 6.61 Å². The molecule has 0 aliphatic heterocycles. The Hall–Kier alpha value is -2.13. The van der Waals surface area contributed by atoms with Crippen LogP contribution in [0.25, 0.3) is 0 Å². The molecule has 0 saturated carbocycles. The zero-order chi connectivity index (χ0) is 24.1. The number of aryl methyl sites for hydroxylation is 3. The van der Waals surface area contributed by atoms with Gasteiger partial charge in [-0.2, -0.15) is 4.72 Å². The van der Waals surface area contributed by atoms with Crippen LogP contribution in [0.15, 0.2) is 17.0 Å². The number of alkyl carbamates (subject to hydrolysis) is 1. The van der Waals surface area contributed by atoms with Crippen molar-refractivity contribution in [3.05, 3.63) is 28.8 Å². The highest BCUT2D eigenvalue weighted by Gasteiger charge is 2.28. The van der Waals surface area contributed by atoms with Crippen molar-refractivity contribution in [2.24, 2.45) is 5.92 Å². The average molecular weight is 457 g/mol. The van der Waals surface area contributed by atoms with E-state index in [-0.39, 0.29) is 17.4 Å². The van der Waals surface area contributed by atoms with Gasteiger partial charge < -0.3 is 14.8 Å². The van der Waals surface area contributed by atoms with Crippen molar-refractivity contribution in [3.8, 4) is 0 Å². The normalized spacial score (nSPS) is 14.1. The number of carbonyl (C=O) groups excluding carboxylic acids is 2. The third-order valence-electron chi connectivity index (χ3n) is 4.47. The highest BCUT2D eigenvalue weighted by Crippen LogP contribution is 2.22. The van der Waals surface area contributed by atoms with E-state index in [0.29, 0.717) is 11.1 Å². The Bertz CT molecular complexity index is 880. The molecule has 0 radical (unpaired) electrons. The van der Waals surface area contributed by atoms with Crippen LogP contribution < -0.4 is 10.0 Å². The fourth-order valence-corrected chi connectivity index (χ4v) is 4.73. The molecule has 0 aliphatic rings. The van der Waals surface area contributed by atoms with Gasteiger partial charge in [0.05, 0.1) is 10.9 Å². The number of carbonyl (C=O) groups is 2. The summed E-state index contributed by atoms with van der Waals surface area (Å²) in [5.41, 5.74) is 1.51. The molecule has 0 heterocycles. The molecule has 2 unspecified atom stereocenters. The molecule has 1 amide bonds. The molecular weight excluding hydrogens is 420 g/mol. The summed E-state index contributed by atoms with van der Waals surface area (Å²) in [4.78, 5) is 24.6. The first-order valence-corrected chi connectivity index (χ1v) is 11.8. The Kier molecular flexibility index (Phi) is 9.07. The topological polar surface area (TPSA) is 111 Å². The summed E-state index contributed by atoms with van der Waals surface area (Å²) in [7, 11) is -3.92. The van der Waals surface area contributed by atoms with Crippen molar-refractivity contribution >= 4 is 22.1 Å². The van der Waals surface area contributed by atoms with Crippen LogP contribution in [-0.2, 0) is 24.3 Å². The molecule has 0 aromatic heterocycles. The van der Waals surface area contributed by atoms with Gasteiger partial charge in [-0.3, -0.25) is 4.79 Å². The zero-order valence-electron chi connectivity index (χ0n) is 20.0. The minimum Gasteiger partial charge on any atom is -0.462 e. The lowest BCUT2D eigenvalue weighted by Gasteiger charge is -2.26. The largest absolute Gasteiger partial charge is 0.462 e. The Balaban J connectivity index is 2.79. The lowest BCUT2D eigenvalue weighted by atomic mass is 10.1. The molecule has 0 bridgehead atoms. The van der Waals surface area contributed by atoms with Crippen LogP contribution in [0.3, 0.4) is 0 Å². The number of benzene rings is 1. The molecule has 0 fully saturated rings. The molecule has 0 saturated heterocycles. The maximum atomic E-state index is 12.8. The van der Waals surface area contributed by atoms with E-state index in [1.54, 1.807) is 46.8 Å². The van der Waals surface area contributed by atoms with Crippen LogP contribution in [0, 0.1) is 26.7 Å². The Morgan fingerprint density at radius 3 is 2.00 bits per heavy atom. The van der Waals surface area contributed by atoms with E-state index in [0.717, 1.165) is 5.56 Å². The first-order valence-electron chi connectivity index (χ1n) is 10.3. The van der Waals surface area contributed by atoms with Gasteiger partial charge in [0, 0.05) is 0 Å². The zero-order valence-corrected chi connectivity index (χ0v) is 20.8. The molecule has 0 aliphatic carbocycles. The molecule has 176 valence electrons. The SMILES string of the molecule is Cc1cc(C)c(S(=O)(=O)NC(C)C(=O)OCC(NC(=O)OC(C)(C)C)C(C)C)c(C)c1. The molecular formula is C22H36N2O6S. The van der Waals surface area contributed by atoms with Crippen molar-refractivity contribution in [1.82, 2.24) is 10.0 Å². The summed E-state index contributed by atoms with van der Waals surface area (Å²) in [6.07, 6.45) is -0.610. The lowest BCUT2D eigenvalue weighted by molar-refractivity contribution is -0.146. The first-order chi connectivity index (χ1) is 14.0. The number of hydrogen-bond donors (Lipinski definition) is 2. The highest BCUT2D eigenvalue weighted by atomic mass is 32.2. The number of sulfonamides is 1. The third-order valence-corrected chi connectivity index (χ3v) is 6.32. The molecule has 1 rings (SSSR count). The summed E-state index contributed by atoms with van der Waals surface area (Å²) < 4.78 is 38.6. The van der Waals surface area contributed by atoms with Crippen LogP contribution in [0.5, 0.6) is 0 Å². The van der Waals surface area contributed by atoms with E-state index in [9.17, 15) is 18.0 Å². The van der Waals surface area contributed by atoms with Crippen LogP contribution >= 0.6 is 0 Å². The average Bonchev–Trinajstić information content (AvgIpc) is 2.54. The van der Waals surface area contributed by atoms with Crippen LogP contribution in [0.4, 0.5) is 4.79 Å². The molecule has 2 N–H and O–H groups in total. The quantitative estimate of drug-likeness (QED) is 0.580. The molecule has 0 spiro atoms. The van der Waals surface area contributed by atoms with Crippen LogP contribution in [-0.4, -0.2) is 44.8 Å². The van der Waals surface area contributed by atoms with Gasteiger partial charge in [-0.05, 0) is 65.5 Å². The van der Waals surface area contributed by atoms with Gasteiger partial charge in [0.2, 0.25) is 10.0 Å². The smallest absolute Gasteiger partial charge is 0.407 e. The Labute approximate surface area is 186 Å². The number of esters is 1. The molecule has 9 heteroatoms. The van der Waals surface area contributed by atoms with Gasteiger partial charge >= 0.3 is 12.1 Å². The molecule has 2 atom stereocenters. The second-order valence-corrected chi connectivity index (χ2v) is 10.8. The minimum atomic E-state index is -3.92. The molecule has 8 nitrogen and oxygen atoms in total. The predicted molar refractivity (Wildman–Crippen MR) is 119 cm³/mol. The fraction of sp³-hybridized carbons (Fsp3) is 0.636. The van der Waals surface area contributed by atoms with Crippen molar-refractivity contribution in [2.45, 2.75) is 84.9 Å². The maximum absolute atomic E-state index is 12.8. The number of rotatable bonds is 8. The first kappa shape index (κ1) is 26.9. The standard InChI is InChI=1S/C22H36N2O6S/c1-13(2)18(23-21(26)30-22(7,8)9)12-29-20(25)17(6)24-31(27,28)19-15(4)10-14(3)11-16(19)5/h10-11,13,17-18,24H,12H2,1-9H3,(H,23,26). The number of hydrogen-bond acceptors (Lipinski definition) is 6. The Morgan fingerprint density at radius 1 is 1.03 bits per heavy atom. The maximum Gasteiger partial charge on any atom is 0.407 e.